The Morgan fingerprint density at radius 1 is 1.43 bits per heavy atom. The number of nitrogens with zero attached hydrogens (tertiary/aromatic N) is 2. The molecule has 1 aliphatic rings. The van der Waals surface area contributed by atoms with Gasteiger partial charge in [0.1, 0.15) is 11.9 Å². The number of carbonyl (C=O) groups is 1. The average Bonchev–Trinajstić information content (AvgIpc) is 2.65. The molecule has 0 saturated heterocycles. The van der Waals surface area contributed by atoms with Crippen LogP contribution in [0.4, 0.5) is 5.82 Å². The molecule has 2 rings (SSSR count). The quantitative estimate of drug-likeness (QED) is 0.928. The molecule has 1 fully saturated rings. The molecule has 1 N–H and O–H groups in total. The maximum Gasteiger partial charge on any atom is 0.254 e. The van der Waals surface area contributed by atoms with E-state index in [4.69, 9.17) is 4.74 Å². The van der Waals surface area contributed by atoms with Gasteiger partial charge in [-0.05, 0) is 39.5 Å². The van der Waals surface area contributed by atoms with E-state index in [1.807, 2.05) is 27.8 Å². The van der Waals surface area contributed by atoms with Gasteiger partial charge in [0.25, 0.3) is 5.91 Å². The third-order valence-corrected chi connectivity index (χ3v) is 4.42. The van der Waals surface area contributed by atoms with Crippen molar-refractivity contribution in [3.05, 3.63) is 11.3 Å². The molecular weight excluding hydrogens is 266 g/mol. The van der Waals surface area contributed by atoms with Crippen LogP contribution in [0.25, 0.3) is 0 Å². The fourth-order valence-corrected chi connectivity index (χ4v) is 3.01. The molecule has 1 aromatic heterocycles. The first-order chi connectivity index (χ1) is 9.88. The van der Waals surface area contributed by atoms with Gasteiger partial charge in [0.15, 0.2) is 0 Å². The number of ether oxygens (including phenoxy) is 1. The van der Waals surface area contributed by atoms with Gasteiger partial charge in [-0.3, -0.25) is 9.48 Å². The van der Waals surface area contributed by atoms with Crippen LogP contribution in [-0.4, -0.2) is 27.9 Å². The molecule has 0 unspecified atom stereocenters. The van der Waals surface area contributed by atoms with Crippen molar-refractivity contribution >= 4 is 11.7 Å². The van der Waals surface area contributed by atoms with E-state index < -0.39 is 6.10 Å². The first-order valence-corrected chi connectivity index (χ1v) is 7.85. The van der Waals surface area contributed by atoms with Crippen molar-refractivity contribution in [2.75, 3.05) is 5.32 Å². The summed E-state index contributed by atoms with van der Waals surface area (Å²) in [6, 6.07) is 0. The van der Waals surface area contributed by atoms with E-state index in [1.165, 1.54) is 12.8 Å². The van der Waals surface area contributed by atoms with Crippen molar-refractivity contribution in [2.24, 2.45) is 13.0 Å². The molecule has 1 saturated carbocycles. The smallest absolute Gasteiger partial charge is 0.254 e. The summed E-state index contributed by atoms with van der Waals surface area (Å²) in [6.07, 6.45) is 4.36. The van der Waals surface area contributed by atoms with Gasteiger partial charge in [-0.25, -0.2) is 0 Å². The molecule has 0 bridgehead atoms. The molecule has 1 amide bonds. The van der Waals surface area contributed by atoms with Crippen LogP contribution in [0, 0.1) is 19.8 Å². The lowest BCUT2D eigenvalue weighted by molar-refractivity contribution is -0.131. The van der Waals surface area contributed by atoms with Crippen LogP contribution in [0.15, 0.2) is 0 Å². The fourth-order valence-electron chi connectivity index (χ4n) is 3.01. The number of aryl methyl sites for hydroxylation is 2. The van der Waals surface area contributed by atoms with Crippen LogP contribution in [0.3, 0.4) is 0 Å². The Morgan fingerprint density at radius 3 is 2.71 bits per heavy atom. The summed E-state index contributed by atoms with van der Waals surface area (Å²) in [7, 11) is 1.84. The van der Waals surface area contributed by atoms with Gasteiger partial charge < -0.3 is 10.1 Å². The summed E-state index contributed by atoms with van der Waals surface area (Å²) in [6.45, 7) is 7.98. The Morgan fingerprint density at radius 2 is 2.14 bits per heavy atom. The molecule has 1 heterocycles. The van der Waals surface area contributed by atoms with E-state index in [2.05, 4.69) is 17.3 Å². The van der Waals surface area contributed by atoms with Crippen molar-refractivity contribution in [1.82, 2.24) is 9.78 Å². The van der Waals surface area contributed by atoms with Crippen molar-refractivity contribution in [3.8, 4) is 0 Å². The zero-order valence-electron chi connectivity index (χ0n) is 13.8. The Labute approximate surface area is 127 Å². The molecule has 5 nitrogen and oxygen atoms in total. The topological polar surface area (TPSA) is 56.2 Å². The zero-order chi connectivity index (χ0) is 15.6. The molecule has 21 heavy (non-hydrogen) atoms. The Bertz CT molecular complexity index is 510. The molecule has 0 aromatic carbocycles. The number of hydrogen-bond donors (Lipinski definition) is 1. The van der Waals surface area contributed by atoms with Gasteiger partial charge in [0.2, 0.25) is 0 Å². The van der Waals surface area contributed by atoms with E-state index in [9.17, 15) is 4.79 Å². The van der Waals surface area contributed by atoms with E-state index in [0.717, 1.165) is 29.9 Å². The molecule has 1 aliphatic carbocycles. The highest BCUT2D eigenvalue weighted by atomic mass is 16.5. The minimum absolute atomic E-state index is 0.0978. The summed E-state index contributed by atoms with van der Waals surface area (Å²) in [5, 5.41) is 7.25. The van der Waals surface area contributed by atoms with Gasteiger partial charge in [-0.2, -0.15) is 5.10 Å². The Hall–Kier alpha value is -1.36. The third-order valence-electron chi connectivity index (χ3n) is 4.42. The first kappa shape index (κ1) is 16.0. The average molecular weight is 293 g/mol. The highest BCUT2D eigenvalue weighted by Gasteiger charge is 2.25. The SMILES string of the molecule is Cc1nn(C)c(NC(=O)[C@H](C)O[C@H]2CCC[C@@H](C)C2)c1C. The number of hydrogen-bond acceptors (Lipinski definition) is 3. The van der Waals surface area contributed by atoms with Gasteiger partial charge >= 0.3 is 0 Å². The molecule has 0 radical (unpaired) electrons. The zero-order valence-corrected chi connectivity index (χ0v) is 13.8. The fraction of sp³-hybridized carbons (Fsp3) is 0.750. The Kier molecular flexibility index (Phi) is 5.04. The van der Waals surface area contributed by atoms with Crippen LogP contribution in [0.2, 0.25) is 0 Å². The molecule has 3 atom stereocenters. The van der Waals surface area contributed by atoms with Crippen molar-refractivity contribution in [1.29, 1.82) is 0 Å². The van der Waals surface area contributed by atoms with Gasteiger partial charge in [-0.15, -0.1) is 0 Å². The number of anilines is 1. The summed E-state index contributed by atoms with van der Waals surface area (Å²) >= 11 is 0. The van der Waals surface area contributed by atoms with Gasteiger partial charge in [-0.1, -0.05) is 19.8 Å². The summed E-state index contributed by atoms with van der Waals surface area (Å²) < 4.78 is 7.65. The van der Waals surface area contributed by atoms with E-state index >= 15 is 0 Å². The predicted octanol–water partition coefficient (Wildman–Crippen LogP) is 2.96. The van der Waals surface area contributed by atoms with E-state index in [0.29, 0.717) is 5.92 Å². The maximum atomic E-state index is 12.3. The minimum atomic E-state index is -0.435. The second-order valence-corrected chi connectivity index (χ2v) is 6.34. The first-order valence-electron chi connectivity index (χ1n) is 7.85. The van der Waals surface area contributed by atoms with Crippen LogP contribution < -0.4 is 5.32 Å². The van der Waals surface area contributed by atoms with Crippen molar-refractivity contribution in [2.45, 2.75) is 65.6 Å². The number of aromatic nitrogens is 2. The highest BCUT2D eigenvalue weighted by molar-refractivity contribution is 5.93. The molecule has 1 aromatic rings. The normalized spacial score (nSPS) is 23.9. The summed E-state index contributed by atoms with van der Waals surface area (Å²) in [5.74, 6) is 1.35. The lowest BCUT2D eigenvalue weighted by Gasteiger charge is -2.29. The van der Waals surface area contributed by atoms with Gasteiger partial charge in [0, 0.05) is 12.6 Å². The van der Waals surface area contributed by atoms with E-state index in [-0.39, 0.29) is 12.0 Å². The monoisotopic (exact) mass is 293 g/mol. The van der Waals surface area contributed by atoms with Crippen LogP contribution in [-0.2, 0) is 16.6 Å². The molecule has 0 spiro atoms. The molecule has 5 heteroatoms. The number of nitrogens with one attached hydrogen (secondary N) is 1. The van der Waals surface area contributed by atoms with E-state index in [1.54, 1.807) is 4.68 Å². The number of amides is 1. The lowest BCUT2D eigenvalue weighted by Crippen LogP contribution is -2.34. The second kappa shape index (κ2) is 6.60. The second-order valence-electron chi connectivity index (χ2n) is 6.34. The number of rotatable bonds is 4. The van der Waals surface area contributed by atoms with Gasteiger partial charge in [0.05, 0.1) is 11.8 Å². The highest BCUT2D eigenvalue weighted by Crippen LogP contribution is 2.26. The predicted molar refractivity (Wildman–Crippen MR) is 83.3 cm³/mol. The van der Waals surface area contributed by atoms with Crippen LogP contribution in [0.5, 0.6) is 0 Å². The maximum absolute atomic E-state index is 12.3. The van der Waals surface area contributed by atoms with Crippen molar-refractivity contribution in [3.63, 3.8) is 0 Å². The summed E-state index contributed by atoms with van der Waals surface area (Å²) in [4.78, 5) is 12.3. The standard InChI is InChI=1S/C16H27N3O2/c1-10-7-6-8-14(9-10)21-13(4)16(20)17-15-11(2)12(3)18-19(15)5/h10,13-14H,6-9H2,1-5H3,(H,17,20)/t10-,13+,14+/m1/s1. The summed E-state index contributed by atoms with van der Waals surface area (Å²) in [5.41, 5.74) is 1.94. The lowest BCUT2D eigenvalue weighted by atomic mass is 9.88. The number of carbonyl (C=O) groups excluding carboxylic acids is 1. The largest absolute Gasteiger partial charge is 0.365 e. The van der Waals surface area contributed by atoms with Crippen molar-refractivity contribution < 1.29 is 9.53 Å². The Balaban J connectivity index is 1.93. The third kappa shape index (κ3) is 3.84. The minimum Gasteiger partial charge on any atom is -0.365 e. The molecule has 0 aliphatic heterocycles. The van der Waals surface area contributed by atoms with Crippen LogP contribution >= 0.6 is 0 Å². The molecular formula is C16H27N3O2. The van der Waals surface area contributed by atoms with Crippen LogP contribution in [0.1, 0.15) is 50.8 Å². The molecule has 118 valence electrons.